The Kier molecular flexibility index (Phi) is 3.75. The van der Waals surface area contributed by atoms with Crippen LogP contribution in [0.1, 0.15) is 30.2 Å². The summed E-state index contributed by atoms with van der Waals surface area (Å²) in [5.41, 5.74) is 9.96. The standard InChI is InChI=1S/C26H25N2/c1-17-12-19-6-4-7-20(19)15-25(17)26-24-10-9-21(22-8-5-11-27-16-22)14-23(24)13-18(2)28(26)3/h5,8-16H,4,6-7H2,1-3H3/q+1/i13D. The second-order valence-electron chi connectivity index (χ2n) is 7.91. The van der Waals surface area contributed by atoms with Crippen LogP contribution >= 0.6 is 0 Å². The molecule has 2 heteroatoms. The van der Waals surface area contributed by atoms with Crippen molar-refractivity contribution in [3.63, 3.8) is 0 Å². The highest BCUT2D eigenvalue weighted by Gasteiger charge is 2.22. The van der Waals surface area contributed by atoms with E-state index in [4.69, 9.17) is 1.37 Å². The summed E-state index contributed by atoms with van der Waals surface area (Å²) in [6.07, 6.45) is 7.29. The van der Waals surface area contributed by atoms with E-state index in [-0.39, 0.29) is 0 Å². The van der Waals surface area contributed by atoms with Crippen LogP contribution in [0.4, 0.5) is 0 Å². The van der Waals surface area contributed by atoms with Crippen LogP contribution in [0.25, 0.3) is 33.2 Å². The predicted octanol–water partition coefficient (Wildman–Crippen LogP) is 5.50. The lowest BCUT2D eigenvalue weighted by Crippen LogP contribution is -2.35. The molecule has 0 saturated carbocycles. The van der Waals surface area contributed by atoms with Gasteiger partial charge in [-0.25, -0.2) is 0 Å². The fourth-order valence-corrected chi connectivity index (χ4v) is 4.52. The van der Waals surface area contributed by atoms with Gasteiger partial charge in [-0.1, -0.05) is 18.2 Å². The molecule has 2 aromatic carbocycles. The summed E-state index contributed by atoms with van der Waals surface area (Å²) >= 11 is 0. The van der Waals surface area contributed by atoms with E-state index in [0.717, 1.165) is 27.6 Å². The van der Waals surface area contributed by atoms with E-state index < -0.39 is 0 Å². The largest absolute Gasteiger partial charge is 0.264 e. The molecule has 0 amide bonds. The quantitative estimate of drug-likeness (QED) is 0.428. The van der Waals surface area contributed by atoms with Crippen LogP contribution in [0.2, 0.25) is 0 Å². The Balaban J connectivity index is 1.81. The van der Waals surface area contributed by atoms with Crippen LogP contribution in [0.15, 0.2) is 60.9 Å². The molecule has 0 bridgehead atoms. The molecule has 0 spiro atoms. The molecule has 0 unspecified atom stereocenters. The average Bonchev–Trinajstić information content (AvgIpc) is 3.20. The number of benzene rings is 2. The molecule has 2 heterocycles. The molecule has 0 radical (unpaired) electrons. The average molecular weight is 367 g/mol. The van der Waals surface area contributed by atoms with Crippen molar-refractivity contribution >= 4 is 10.8 Å². The number of aryl methyl sites for hydroxylation is 3. The van der Waals surface area contributed by atoms with Crippen molar-refractivity contribution in [1.29, 1.82) is 0 Å². The van der Waals surface area contributed by atoms with E-state index in [1.54, 1.807) is 6.20 Å². The van der Waals surface area contributed by atoms with Crippen molar-refractivity contribution in [3.05, 3.63) is 83.3 Å². The van der Waals surface area contributed by atoms with Crippen LogP contribution in [-0.2, 0) is 19.9 Å². The number of hydrogen-bond donors (Lipinski definition) is 0. The highest BCUT2D eigenvalue weighted by Crippen LogP contribution is 2.34. The number of rotatable bonds is 2. The van der Waals surface area contributed by atoms with Gasteiger partial charge in [0.25, 0.3) is 0 Å². The van der Waals surface area contributed by atoms with Crippen molar-refractivity contribution in [2.75, 3.05) is 0 Å². The Bertz CT molecular complexity index is 1260. The maximum absolute atomic E-state index is 8.79. The van der Waals surface area contributed by atoms with Gasteiger partial charge in [0.05, 0.1) is 12.3 Å². The van der Waals surface area contributed by atoms with Crippen molar-refractivity contribution in [2.24, 2.45) is 7.05 Å². The van der Waals surface area contributed by atoms with Gasteiger partial charge in [-0.05, 0) is 78.1 Å². The van der Waals surface area contributed by atoms with E-state index in [1.807, 2.05) is 19.2 Å². The van der Waals surface area contributed by atoms with Crippen LogP contribution in [-0.4, -0.2) is 4.98 Å². The van der Waals surface area contributed by atoms with Gasteiger partial charge in [-0.2, -0.15) is 4.57 Å². The first-order valence-corrected chi connectivity index (χ1v) is 10.0. The van der Waals surface area contributed by atoms with Crippen molar-refractivity contribution < 1.29 is 5.94 Å². The zero-order chi connectivity index (χ0) is 20.1. The van der Waals surface area contributed by atoms with Gasteiger partial charge >= 0.3 is 0 Å². The Hall–Kier alpha value is -3.00. The SMILES string of the molecule is [2H]c1c(C)[n+](C)c(-c2cc3c(cc2C)CCC3)c2ccc(-c3cccnc3)cc12. The summed E-state index contributed by atoms with van der Waals surface area (Å²) in [6, 6.07) is 15.9. The molecule has 0 fully saturated rings. The summed E-state index contributed by atoms with van der Waals surface area (Å²) < 4.78 is 11.0. The minimum atomic E-state index is 0.593. The van der Waals surface area contributed by atoms with Gasteiger partial charge < -0.3 is 0 Å². The smallest absolute Gasteiger partial charge is 0.220 e. The normalized spacial score (nSPS) is 13.6. The highest BCUT2D eigenvalue weighted by atomic mass is 14.9. The number of hydrogen-bond acceptors (Lipinski definition) is 1. The van der Waals surface area contributed by atoms with Gasteiger partial charge in [0.2, 0.25) is 5.69 Å². The van der Waals surface area contributed by atoms with Gasteiger partial charge in [0.15, 0.2) is 5.69 Å². The molecular formula is C26H25N2+. The van der Waals surface area contributed by atoms with Crippen LogP contribution in [0.3, 0.4) is 0 Å². The lowest BCUT2D eigenvalue weighted by molar-refractivity contribution is -0.665. The molecule has 28 heavy (non-hydrogen) atoms. The fourth-order valence-electron chi connectivity index (χ4n) is 4.52. The summed E-state index contributed by atoms with van der Waals surface area (Å²) in [6.45, 7) is 4.26. The Morgan fingerprint density at radius 3 is 2.61 bits per heavy atom. The first kappa shape index (κ1) is 16.0. The molecule has 4 aromatic rings. The van der Waals surface area contributed by atoms with Crippen molar-refractivity contribution in [2.45, 2.75) is 33.1 Å². The predicted molar refractivity (Wildman–Crippen MR) is 115 cm³/mol. The first-order chi connectivity index (χ1) is 14.0. The zero-order valence-electron chi connectivity index (χ0n) is 17.7. The van der Waals surface area contributed by atoms with E-state index in [0.29, 0.717) is 6.04 Å². The minimum absolute atomic E-state index is 0.593. The Morgan fingerprint density at radius 2 is 1.82 bits per heavy atom. The van der Waals surface area contributed by atoms with E-state index in [2.05, 4.69) is 59.9 Å². The molecule has 0 atom stereocenters. The summed E-state index contributed by atoms with van der Waals surface area (Å²) in [5.74, 6) is 0. The highest BCUT2D eigenvalue weighted by molar-refractivity contribution is 5.96. The van der Waals surface area contributed by atoms with Crippen molar-refractivity contribution in [3.8, 4) is 22.4 Å². The second-order valence-corrected chi connectivity index (χ2v) is 7.91. The van der Waals surface area contributed by atoms with Gasteiger partial charge in [0, 0.05) is 30.9 Å². The van der Waals surface area contributed by atoms with E-state index >= 15 is 0 Å². The second kappa shape index (κ2) is 6.56. The number of aromatic nitrogens is 2. The minimum Gasteiger partial charge on any atom is -0.264 e. The molecule has 138 valence electrons. The van der Waals surface area contributed by atoms with E-state index in [1.165, 1.54) is 47.2 Å². The third-order valence-corrected chi connectivity index (χ3v) is 6.12. The molecule has 2 aromatic heterocycles. The summed E-state index contributed by atoms with van der Waals surface area (Å²) in [7, 11) is 2.09. The van der Waals surface area contributed by atoms with Crippen LogP contribution in [0, 0.1) is 13.8 Å². The van der Waals surface area contributed by atoms with E-state index in [9.17, 15) is 0 Å². The molecule has 0 aliphatic heterocycles. The molecule has 0 saturated heterocycles. The van der Waals surface area contributed by atoms with Gasteiger partial charge in [-0.3, -0.25) is 4.98 Å². The van der Waals surface area contributed by atoms with Gasteiger partial charge in [0.1, 0.15) is 7.05 Å². The number of fused-ring (bicyclic) bond motifs is 2. The molecule has 1 aliphatic carbocycles. The van der Waals surface area contributed by atoms with Gasteiger partial charge in [-0.15, -0.1) is 0 Å². The Labute approximate surface area is 167 Å². The summed E-state index contributed by atoms with van der Waals surface area (Å²) in [4.78, 5) is 4.25. The maximum atomic E-state index is 8.79. The third-order valence-electron chi connectivity index (χ3n) is 6.12. The number of pyridine rings is 2. The maximum Gasteiger partial charge on any atom is 0.220 e. The molecule has 0 N–H and O–H groups in total. The lowest BCUT2D eigenvalue weighted by atomic mass is 9.93. The molecule has 5 rings (SSSR count). The molecule has 2 nitrogen and oxygen atoms in total. The third kappa shape index (κ3) is 2.72. The first-order valence-electron chi connectivity index (χ1n) is 10.5. The van der Waals surface area contributed by atoms with Crippen LogP contribution in [0.5, 0.6) is 0 Å². The molecule has 1 aliphatic rings. The number of nitrogens with zero attached hydrogens (tertiary/aromatic N) is 2. The zero-order valence-corrected chi connectivity index (χ0v) is 16.7. The lowest BCUT2D eigenvalue weighted by Gasteiger charge is -2.13. The monoisotopic (exact) mass is 366 g/mol. The van der Waals surface area contributed by atoms with Crippen LogP contribution < -0.4 is 4.57 Å². The van der Waals surface area contributed by atoms with Crippen molar-refractivity contribution in [1.82, 2.24) is 4.98 Å². The Morgan fingerprint density at radius 1 is 1.00 bits per heavy atom. The molecular weight excluding hydrogens is 340 g/mol. The topological polar surface area (TPSA) is 16.8 Å². The summed E-state index contributed by atoms with van der Waals surface area (Å²) in [5, 5.41) is 2.13. The fraction of sp³-hybridized carbons (Fsp3) is 0.231.